The van der Waals surface area contributed by atoms with Crippen LogP contribution in [0.3, 0.4) is 0 Å². The lowest BCUT2D eigenvalue weighted by atomic mass is 10.1. The van der Waals surface area contributed by atoms with Crippen LogP contribution >= 0.6 is 0 Å². The lowest BCUT2D eigenvalue weighted by molar-refractivity contribution is 0.0852. The number of benzene rings is 1. The maximum atomic E-state index is 5.20. The summed E-state index contributed by atoms with van der Waals surface area (Å²) in [6.45, 7) is 8.80. The molecule has 1 aromatic rings. The van der Waals surface area contributed by atoms with Crippen molar-refractivity contribution in [2.75, 3.05) is 6.61 Å². The first-order valence-electron chi connectivity index (χ1n) is 5.64. The summed E-state index contributed by atoms with van der Waals surface area (Å²) in [7, 11) is 0. The molecule has 0 saturated carbocycles. The van der Waals surface area contributed by atoms with Gasteiger partial charge in [0.1, 0.15) is 5.84 Å². The quantitative estimate of drug-likeness (QED) is 0.365. The van der Waals surface area contributed by atoms with Crippen LogP contribution < -0.4 is 5.48 Å². The minimum absolute atomic E-state index is 0.694. The number of amidine groups is 1. The van der Waals surface area contributed by atoms with E-state index in [9.17, 15) is 0 Å². The Labute approximate surface area is 97.5 Å². The third-order valence-electron chi connectivity index (χ3n) is 2.17. The monoisotopic (exact) mass is 220 g/mol. The smallest absolute Gasteiger partial charge is 0.123 e. The highest BCUT2D eigenvalue weighted by Gasteiger charge is 1.97. The van der Waals surface area contributed by atoms with Gasteiger partial charge in [-0.15, -0.1) is 0 Å². The second-order valence-electron chi connectivity index (χ2n) is 3.94. The summed E-state index contributed by atoms with van der Waals surface area (Å²) >= 11 is 0. The normalized spacial score (nSPS) is 11.6. The summed E-state index contributed by atoms with van der Waals surface area (Å²) in [5, 5.41) is 0. The molecule has 0 fully saturated rings. The van der Waals surface area contributed by atoms with Gasteiger partial charge >= 0.3 is 0 Å². The van der Waals surface area contributed by atoms with Crippen LogP contribution in [0, 0.1) is 13.8 Å². The molecule has 1 rings (SSSR count). The molecule has 0 amide bonds. The van der Waals surface area contributed by atoms with Crippen LogP contribution in [0.5, 0.6) is 0 Å². The summed E-state index contributed by atoms with van der Waals surface area (Å²) in [6, 6.07) is 6.21. The minimum Gasteiger partial charge on any atom is -0.275 e. The van der Waals surface area contributed by atoms with Crippen molar-refractivity contribution in [3.63, 3.8) is 0 Å². The highest BCUT2D eigenvalue weighted by Crippen LogP contribution is 2.19. The van der Waals surface area contributed by atoms with Crippen LogP contribution in [0.2, 0.25) is 0 Å². The van der Waals surface area contributed by atoms with Crippen molar-refractivity contribution in [3.8, 4) is 0 Å². The van der Waals surface area contributed by atoms with Gasteiger partial charge in [-0.25, -0.2) is 4.99 Å². The fraction of sp³-hybridized carbons (Fsp3) is 0.462. The van der Waals surface area contributed by atoms with E-state index in [1.54, 1.807) is 0 Å². The van der Waals surface area contributed by atoms with Gasteiger partial charge in [0, 0.05) is 0 Å². The van der Waals surface area contributed by atoms with Gasteiger partial charge < -0.3 is 0 Å². The van der Waals surface area contributed by atoms with E-state index >= 15 is 0 Å². The summed E-state index contributed by atoms with van der Waals surface area (Å²) in [5.41, 5.74) is 6.24. The molecule has 0 aliphatic rings. The maximum absolute atomic E-state index is 5.20. The average Bonchev–Trinajstić information content (AvgIpc) is 2.23. The number of rotatable bonds is 4. The van der Waals surface area contributed by atoms with E-state index in [1.165, 1.54) is 11.1 Å². The molecule has 0 aliphatic heterocycles. The van der Waals surface area contributed by atoms with Gasteiger partial charge in [-0.3, -0.25) is 10.3 Å². The van der Waals surface area contributed by atoms with Gasteiger partial charge in [0.15, 0.2) is 0 Å². The van der Waals surface area contributed by atoms with E-state index in [0.717, 1.165) is 17.9 Å². The first kappa shape index (κ1) is 12.7. The summed E-state index contributed by atoms with van der Waals surface area (Å²) in [4.78, 5) is 9.65. The molecule has 88 valence electrons. The van der Waals surface area contributed by atoms with E-state index in [2.05, 4.69) is 43.4 Å². The third kappa shape index (κ3) is 4.03. The van der Waals surface area contributed by atoms with Crippen molar-refractivity contribution < 1.29 is 4.84 Å². The van der Waals surface area contributed by atoms with Crippen molar-refractivity contribution >= 4 is 11.5 Å². The van der Waals surface area contributed by atoms with Crippen molar-refractivity contribution in [1.29, 1.82) is 0 Å². The Morgan fingerprint density at radius 1 is 1.38 bits per heavy atom. The zero-order valence-electron chi connectivity index (χ0n) is 10.5. The Hall–Kier alpha value is -1.35. The molecule has 0 spiro atoms. The van der Waals surface area contributed by atoms with Crippen molar-refractivity contribution in [2.45, 2.75) is 34.1 Å². The lowest BCUT2D eigenvalue weighted by Gasteiger charge is -2.06. The zero-order valence-corrected chi connectivity index (χ0v) is 10.5. The molecule has 3 nitrogen and oxygen atoms in total. The third-order valence-corrected chi connectivity index (χ3v) is 2.17. The molecule has 0 bridgehead atoms. The number of nitrogens with one attached hydrogen (secondary N) is 1. The van der Waals surface area contributed by atoms with Crippen LogP contribution in [-0.2, 0) is 4.84 Å². The second kappa shape index (κ2) is 6.28. The summed E-state index contributed by atoms with van der Waals surface area (Å²) in [6.07, 6.45) is 0.990. The molecule has 16 heavy (non-hydrogen) atoms. The maximum Gasteiger partial charge on any atom is 0.123 e. The van der Waals surface area contributed by atoms with Crippen molar-refractivity contribution in [2.24, 2.45) is 4.99 Å². The van der Waals surface area contributed by atoms with E-state index in [0.29, 0.717) is 6.61 Å². The standard InChI is InChI=1S/C13H20N2O/c1-5-8-16-15-12(4)14-13-7-6-10(2)9-11(13)3/h6-7,9H,5,8H2,1-4H3,(H,14,15). The molecule has 3 heteroatoms. The Bertz CT molecular complexity index is 372. The highest BCUT2D eigenvalue weighted by atomic mass is 16.6. The molecular formula is C13H20N2O. The van der Waals surface area contributed by atoms with Crippen LogP contribution in [0.1, 0.15) is 31.4 Å². The molecule has 1 N–H and O–H groups in total. The SMILES string of the molecule is CCCONC(C)=Nc1ccc(C)cc1C. The topological polar surface area (TPSA) is 33.6 Å². The van der Waals surface area contributed by atoms with Crippen LogP contribution in [0.15, 0.2) is 23.2 Å². The van der Waals surface area contributed by atoms with Gasteiger partial charge in [0.2, 0.25) is 0 Å². The van der Waals surface area contributed by atoms with Gasteiger partial charge in [0.05, 0.1) is 12.3 Å². The Morgan fingerprint density at radius 2 is 2.12 bits per heavy atom. The number of aliphatic imine (C=N–C) groups is 1. The van der Waals surface area contributed by atoms with E-state index in [-0.39, 0.29) is 0 Å². The van der Waals surface area contributed by atoms with E-state index in [1.807, 2.05) is 13.0 Å². The summed E-state index contributed by atoms with van der Waals surface area (Å²) in [5.74, 6) is 0.778. The zero-order chi connectivity index (χ0) is 12.0. The van der Waals surface area contributed by atoms with Gasteiger partial charge in [-0.2, -0.15) is 0 Å². The first-order valence-corrected chi connectivity index (χ1v) is 5.64. The lowest BCUT2D eigenvalue weighted by Crippen LogP contribution is -2.20. The minimum atomic E-state index is 0.694. The predicted octanol–water partition coefficient (Wildman–Crippen LogP) is 3.28. The van der Waals surface area contributed by atoms with Crippen LogP contribution in [0.25, 0.3) is 0 Å². The number of nitrogens with zero attached hydrogens (tertiary/aromatic N) is 1. The first-order chi connectivity index (χ1) is 7.63. The van der Waals surface area contributed by atoms with Crippen molar-refractivity contribution in [1.82, 2.24) is 5.48 Å². The van der Waals surface area contributed by atoms with Crippen LogP contribution in [-0.4, -0.2) is 12.4 Å². The molecular weight excluding hydrogens is 200 g/mol. The molecule has 0 saturated heterocycles. The Morgan fingerprint density at radius 3 is 2.75 bits per heavy atom. The highest BCUT2D eigenvalue weighted by molar-refractivity contribution is 5.81. The average molecular weight is 220 g/mol. The number of hydrogen-bond acceptors (Lipinski definition) is 2. The van der Waals surface area contributed by atoms with Gasteiger partial charge in [0.25, 0.3) is 0 Å². The fourth-order valence-corrected chi connectivity index (χ4v) is 1.39. The molecule has 0 heterocycles. The van der Waals surface area contributed by atoms with E-state index < -0.39 is 0 Å². The number of aryl methyl sites for hydroxylation is 2. The van der Waals surface area contributed by atoms with Crippen LogP contribution in [0.4, 0.5) is 5.69 Å². The molecule has 0 radical (unpaired) electrons. The Balaban J connectivity index is 2.66. The fourth-order valence-electron chi connectivity index (χ4n) is 1.39. The van der Waals surface area contributed by atoms with Crippen molar-refractivity contribution in [3.05, 3.63) is 29.3 Å². The number of hydroxylamine groups is 1. The summed E-state index contributed by atoms with van der Waals surface area (Å²) < 4.78 is 0. The molecule has 0 aromatic heterocycles. The van der Waals surface area contributed by atoms with E-state index in [4.69, 9.17) is 4.84 Å². The molecule has 0 atom stereocenters. The molecule has 0 aliphatic carbocycles. The Kier molecular flexibility index (Phi) is 4.99. The van der Waals surface area contributed by atoms with Gasteiger partial charge in [-0.1, -0.05) is 24.6 Å². The molecule has 1 aromatic carbocycles. The molecule has 0 unspecified atom stereocenters. The second-order valence-corrected chi connectivity index (χ2v) is 3.94. The predicted molar refractivity (Wildman–Crippen MR) is 68.1 cm³/mol. The van der Waals surface area contributed by atoms with Gasteiger partial charge in [-0.05, 0) is 38.8 Å². The number of hydrogen-bond donors (Lipinski definition) is 1. The largest absolute Gasteiger partial charge is 0.275 e.